The smallest absolute Gasteiger partial charge is 0.264 e. The molecule has 0 bridgehead atoms. The number of halogens is 1. The lowest BCUT2D eigenvalue weighted by molar-refractivity contribution is -0.136. The summed E-state index contributed by atoms with van der Waals surface area (Å²) in [7, 11) is 5.35. The van der Waals surface area contributed by atoms with E-state index in [4.69, 9.17) is 16.3 Å². The van der Waals surface area contributed by atoms with Crippen molar-refractivity contribution in [2.24, 2.45) is 0 Å². The van der Waals surface area contributed by atoms with Gasteiger partial charge in [0.15, 0.2) is 6.17 Å². The van der Waals surface area contributed by atoms with Gasteiger partial charge in [-0.3, -0.25) is 9.69 Å². The Morgan fingerprint density at radius 3 is 2.33 bits per heavy atom. The van der Waals surface area contributed by atoms with Gasteiger partial charge in [-0.05, 0) is 37.4 Å². The Hall–Kier alpha value is -2.50. The van der Waals surface area contributed by atoms with Crippen molar-refractivity contribution in [1.29, 1.82) is 0 Å². The molecule has 1 heterocycles. The van der Waals surface area contributed by atoms with Gasteiger partial charge in [0.05, 0.1) is 19.4 Å². The summed E-state index contributed by atoms with van der Waals surface area (Å²) in [6.07, 6.45) is 0.0876. The van der Waals surface area contributed by atoms with Crippen LogP contribution in [0.25, 0.3) is 0 Å². The minimum Gasteiger partial charge on any atom is -0.497 e. The molecular weight excluding hydrogens is 362 g/mol. The molecule has 1 amide bonds. The molecule has 0 saturated carbocycles. The monoisotopic (exact) mass is 385 g/mol. The second kappa shape index (κ2) is 8.46. The molecule has 1 atom stereocenters. The van der Waals surface area contributed by atoms with Crippen LogP contribution in [0.15, 0.2) is 65.5 Å². The Kier molecular flexibility index (Phi) is 6.04. The zero-order chi connectivity index (χ0) is 19.4. The third-order valence-corrected chi connectivity index (χ3v) is 4.90. The normalized spacial score (nSPS) is 17.3. The van der Waals surface area contributed by atoms with E-state index in [1.54, 1.807) is 12.0 Å². The molecule has 3 rings (SSSR count). The van der Waals surface area contributed by atoms with Crippen LogP contribution in [0.2, 0.25) is 0 Å². The number of nitrogens with zero attached hydrogens (tertiary/aromatic N) is 2. The standard InChI is InChI=1S/C21H24ClN3O2/c1-24(2)20-21(26)25(14-16-9-11-17(27-3)12-10-16)18(19(22)23-20)13-15-7-5-4-6-8-15/h4-12,20,23H,13-14H2,1-3H3. The fourth-order valence-corrected chi connectivity index (χ4v) is 3.34. The van der Waals surface area contributed by atoms with Crippen LogP contribution in [0.5, 0.6) is 5.75 Å². The lowest BCUT2D eigenvalue weighted by Gasteiger charge is -2.38. The molecule has 2 aromatic carbocycles. The molecule has 2 aromatic rings. The molecule has 0 saturated heterocycles. The third kappa shape index (κ3) is 4.43. The fourth-order valence-electron chi connectivity index (χ4n) is 3.06. The summed E-state index contributed by atoms with van der Waals surface area (Å²) < 4.78 is 5.22. The van der Waals surface area contributed by atoms with Crippen molar-refractivity contribution in [1.82, 2.24) is 15.1 Å². The van der Waals surface area contributed by atoms with Crippen LogP contribution in [-0.4, -0.2) is 43.1 Å². The van der Waals surface area contributed by atoms with E-state index < -0.39 is 6.17 Å². The van der Waals surface area contributed by atoms with Gasteiger partial charge in [0.25, 0.3) is 5.91 Å². The van der Waals surface area contributed by atoms with Gasteiger partial charge >= 0.3 is 0 Å². The van der Waals surface area contributed by atoms with Crippen LogP contribution < -0.4 is 10.1 Å². The fraction of sp³-hybridized carbons (Fsp3) is 0.286. The first-order chi connectivity index (χ1) is 13.0. The Balaban J connectivity index is 1.92. The molecule has 0 spiro atoms. The number of methoxy groups -OCH3 is 1. The maximum Gasteiger partial charge on any atom is 0.264 e. The number of amides is 1. The number of ether oxygens (including phenoxy) is 1. The van der Waals surface area contributed by atoms with E-state index in [0.717, 1.165) is 22.6 Å². The van der Waals surface area contributed by atoms with Gasteiger partial charge in [-0.25, -0.2) is 0 Å². The van der Waals surface area contributed by atoms with Gasteiger partial charge in [0.1, 0.15) is 10.9 Å². The molecular formula is C21H24ClN3O2. The third-order valence-electron chi connectivity index (χ3n) is 4.57. The maximum absolute atomic E-state index is 13.1. The Labute approximate surface area is 165 Å². The van der Waals surface area contributed by atoms with Crippen LogP contribution in [0.4, 0.5) is 0 Å². The highest BCUT2D eigenvalue weighted by atomic mass is 35.5. The van der Waals surface area contributed by atoms with Gasteiger partial charge in [-0.1, -0.05) is 54.1 Å². The zero-order valence-electron chi connectivity index (χ0n) is 15.8. The summed E-state index contributed by atoms with van der Waals surface area (Å²) in [5, 5.41) is 3.63. The zero-order valence-corrected chi connectivity index (χ0v) is 16.5. The molecule has 0 aromatic heterocycles. The lowest BCUT2D eigenvalue weighted by Crippen LogP contribution is -2.56. The van der Waals surface area contributed by atoms with Crippen molar-refractivity contribution in [2.75, 3.05) is 21.2 Å². The second-order valence-electron chi connectivity index (χ2n) is 6.71. The minimum absolute atomic E-state index is 0.0221. The summed E-state index contributed by atoms with van der Waals surface area (Å²) in [5.41, 5.74) is 2.89. The van der Waals surface area contributed by atoms with E-state index in [1.165, 1.54) is 0 Å². The van der Waals surface area contributed by atoms with E-state index in [-0.39, 0.29) is 5.91 Å². The number of hydrogen-bond donors (Lipinski definition) is 1. The molecule has 0 aliphatic carbocycles. The molecule has 1 aliphatic rings. The van der Waals surface area contributed by atoms with Gasteiger partial charge in [-0.2, -0.15) is 0 Å². The molecule has 1 N–H and O–H groups in total. The largest absolute Gasteiger partial charge is 0.497 e. The highest BCUT2D eigenvalue weighted by molar-refractivity contribution is 6.30. The van der Waals surface area contributed by atoms with Gasteiger partial charge in [-0.15, -0.1) is 0 Å². The molecule has 142 valence electrons. The topological polar surface area (TPSA) is 44.8 Å². The Morgan fingerprint density at radius 2 is 1.74 bits per heavy atom. The minimum atomic E-state index is -0.490. The average Bonchev–Trinajstić information content (AvgIpc) is 2.68. The SMILES string of the molecule is COc1ccc(CN2C(=O)C(N(C)C)NC(Cl)=C2Cc2ccccc2)cc1. The summed E-state index contributed by atoms with van der Waals surface area (Å²) >= 11 is 6.57. The maximum atomic E-state index is 13.1. The van der Waals surface area contributed by atoms with Crippen molar-refractivity contribution in [2.45, 2.75) is 19.1 Å². The highest BCUT2D eigenvalue weighted by Crippen LogP contribution is 2.26. The van der Waals surface area contributed by atoms with E-state index in [2.05, 4.69) is 5.32 Å². The van der Waals surface area contributed by atoms with E-state index in [1.807, 2.05) is 73.6 Å². The number of likely N-dealkylation sites (N-methyl/N-ethyl adjacent to an activating group) is 1. The summed E-state index contributed by atoms with van der Waals surface area (Å²) in [6, 6.07) is 17.7. The first-order valence-electron chi connectivity index (χ1n) is 8.79. The van der Waals surface area contributed by atoms with Crippen molar-refractivity contribution in [3.05, 3.63) is 76.6 Å². The summed E-state index contributed by atoms with van der Waals surface area (Å²) in [4.78, 5) is 16.7. The molecule has 1 aliphatic heterocycles. The number of benzene rings is 2. The molecule has 27 heavy (non-hydrogen) atoms. The second-order valence-corrected chi connectivity index (χ2v) is 7.08. The number of rotatable bonds is 6. The number of hydrogen-bond acceptors (Lipinski definition) is 4. The number of carbonyl (C=O) groups excluding carboxylic acids is 1. The number of carbonyl (C=O) groups is 1. The van der Waals surface area contributed by atoms with Crippen molar-refractivity contribution in [3.8, 4) is 5.75 Å². The first-order valence-corrected chi connectivity index (χ1v) is 9.17. The van der Waals surface area contributed by atoms with Gasteiger partial charge in [0, 0.05) is 6.42 Å². The van der Waals surface area contributed by atoms with Gasteiger partial charge in [0.2, 0.25) is 0 Å². The van der Waals surface area contributed by atoms with Crippen LogP contribution >= 0.6 is 11.6 Å². The molecule has 0 fully saturated rings. The van der Waals surface area contributed by atoms with Crippen LogP contribution in [-0.2, 0) is 17.8 Å². The predicted molar refractivity (Wildman–Crippen MR) is 107 cm³/mol. The van der Waals surface area contributed by atoms with E-state index in [9.17, 15) is 4.79 Å². The van der Waals surface area contributed by atoms with Crippen molar-refractivity contribution in [3.63, 3.8) is 0 Å². The first kappa shape index (κ1) is 19.3. The van der Waals surface area contributed by atoms with Crippen molar-refractivity contribution < 1.29 is 9.53 Å². The lowest BCUT2D eigenvalue weighted by atomic mass is 10.1. The van der Waals surface area contributed by atoms with Crippen LogP contribution in [0, 0.1) is 0 Å². The van der Waals surface area contributed by atoms with Crippen LogP contribution in [0.3, 0.4) is 0 Å². The number of allylic oxidation sites excluding steroid dienone is 1. The van der Waals surface area contributed by atoms with E-state index >= 15 is 0 Å². The molecule has 0 radical (unpaired) electrons. The molecule has 5 nitrogen and oxygen atoms in total. The van der Waals surface area contributed by atoms with Crippen LogP contribution in [0.1, 0.15) is 11.1 Å². The highest BCUT2D eigenvalue weighted by Gasteiger charge is 2.35. The number of nitrogens with one attached hydrogen (secondary N) is 1. The quantitative estimate of drug-likeness (QED) is 0.776. The average molecular weight is 386 g/mol. The van der Waals surface area contributed by atoms with E-state index in [0.29, 0.717) is 18.1 Å². The summed E-state index contributed by atoms with van der Waals surface area (Å²) in [5.74, 6) is 0.765. The molecule has 6 heteroatoms. The van der Waals surface area contributed by atoms with Gasteiger partial charge < -0.3 is 15.0 Å². The van der Waals surface area contributed by atoms with Crippen molar-refractivity contribution >= 4 is 17.5 Å². The Bertz CT molecular complexity index is 819. The molecule has 1 unspecified atom stereocenters. The Morgan fingerprint density at radius 1 is 1.07 bits per heavy atom. The summed E-state index contributed by atoms with van der Waals surface area (Å²) in [6.45, 7) is 0.452. The predicted octanol–water partition coefficient (Wildman–Crippen LogP) is 3.17.